The number of aromatic nitrogens is 3. The van der Waals surface area contributed by atoms with E-state index in [0.717, 1.165) is 39.9 Å². The second-order valence-electron chi connectivity index (χ2n) is 8.05. The molecule has 164 valence electrons. The first kappa shape index (κ1) is 20.8. The quantitative estimate of drug-likeness (QED) is 0.335. The molecule has 5 nitrogen and oxygen atoms in total. The summed E-state index contributed by atoms with van der Waals surface area (Å²) in [6, 6.07) is 11.5. The van der Waals surface area contributed by atoms with Crippen molar-refractivity contribution in [3.8, 4) is 11.1 Å². The normalized spacial score (nSPS) is 14.7. The molecule has 2 aromatic heterocycles. The number of benzene rings is 2. The maximum Gasteiger partial charge on any atom is 0.147 e. The molecule has 32 heavy (non-hydrogen) atoms. The zero-order valence-corrected chi connectivity index (χ0v) is 18.2. The molecule has 0 atom stereocenters. The molecule has 3 N–H and O–H groups in total. The third-order valence-electron chi connectivity index (χ3n) is 5.98. The Morgan fingerprint density at radius 3 is 2.53 bits per heavy atom. The molecule has 2 heterocycles. The van der Waals surface area contributed by atoms with Gasteiger partial charge in [0.2, 0.25) is 0 Å². The molecule has 5 rings (SSSR count). The minimum absolute atomic E-state index is 0.305. The Morgan fingerprint density at radius 1 is 1.00 bits per heavy atom. The van der Waals surface area contributed by atoms with Crippen LogP contribution in [0.1, 0.15) is 38.1 Å². The Morgan fingerprint density at radius 2 is 1.78 bits per heavy atom. The number of anilines is 2. The summed E-state index contributed by atoms with van der Waals surface area (Å²) in [5.74, 6) is -0.291. The molecule has 1 saturated carbocycles. The lowest BCUT2D eigenvalue weighted by Gasteiger charge is -2.23. The molecule has 0 radical (unpaired) electrons. The number of halogens is 2. The van der Waals surface area contributed by atoms with Gasteiger partial charge >= 0.3 is 0 Å². The van der Waals surface area contributed by atoms with Gasteiger partial charge in [-0.25, -0.2) is 18.7 Å². The van der Waals surface area contributed by atoms with Crippen LogP contribution in [0.25, 0.3) is 22.2 Å². The highest BCUT2D eigenvalue weighted by atomic mass is 32.2. The summed E-state index contributed by atoms with van der Waals surface area (Å²) >= 11 is 1.23. The maximum absolute atomic E-state index is 15.0. The average Bonchev–Trinajstić information content (AvgIpc) is 3.21. The first-order valence-corrected chi connectivity index (χ1v) is 11.5. The molecular weight excluding hydrogens is 428 g/mol. The van der Waals surface area contributed by atoms with E-state index in [1.165, 1.54) is 55.7 Å². The molecule has 0 bridgehead atoms. The first-order chi connectivity index (χ1) is 15.6. The highest BCUT2D eigenvalue weighted by Gasteiger charge is 2.22. The Balaban J connectivity index is 1.47. The summed E-state index contributed by atoms with van der Waals surface area (Å²) in [6.45, 7) is 0. The summed E-state index contributed by atoms with van der Waals surface area (Å²) in [6.07, 6.45) is 9.38. The van der Waals surface area contributed by atoms with Crippen molar-refractivity contribution in [1.82, 2.24) is 14.5 Å². The molecule has 0 aliphatic heterocycles. The van der Waals surface area contributed by atoms with Crippen LogP contribution < -0.4 is 10.5 Å². The summed E-state index contributed by atoms with van der Waals surface area (Å²) in [5, 5.41) is 0.763. The SMILES string of the molecule is Nc1ncnc2c1c(-c1ccc(NSc3ccc(F)cc3)c(F)c1)cn2C1CCCCC1. The highest BCUT2D eigenvalue weighted by Crippen LogP contribution is 2.39. The van der Waals surface area contributed by atoms with E-state index in [1.807, 2.05) is 12.3 Å². The third-order valence-corrected chi connectivity index (χ3v) is 6.81. The molecule has 8 heteroatoms. The zero-order valence-electron chi connectivity index (χ0n) is 17.4. The molecule has 4 aromatic rings. The Labute approximate surface area is 189 Å². The van der Waals surface area contributed by atoms with Crippen LogP contribution in [-0.4, -0.2) is 14.5 Å². The minimum atomic E-state index is -0.383. The number of nitrogens with one attached hydrogen (secondary N) is 1. The van der Waals surface area contributed by atoms with Gasteiger partial charge in [-0.2, -0.15) is 0 Å². The number of hydrogen-bond donors (Lipinski definition) is 2. The van der Waals surface area contributed by atoms with Crippen LogP contribution in [0.5, 0.6) is 0 Å². The van der Waals surface area contributed by atoms with E-state index in [4.69, 9.17) is 5.73 Å². The second-order valence-corrected chi connectivity index (χ2v) is 8.93. The predicted octanol–water partition coefficient (Wildman–Crippen LogP) is 6.58. The van der Waals surface area contributed by atoms with Gasteiger partial charge in [0.1, 0.15) is 29.4 Å². The van der Waals surface area contributed by atoms with Gasteiger partial charge in [0, 0.05) is 22.7 Å². The van der Waals surface area contributed by atoms with E-state index in [-0.39, 0.29) is 11.6 Å². The summed E-state index contributed by atoms with van der Waals surface area (Å²) < 4.78 is 33.2. The van der Waals surface area contributed by atoms with E-state index in [9.17, 15) is 8.78 Å². The van der Waals surface area contributed by atoms with Crippen molar-refractivity contribution < 1.29 is 8.78 Å². The molecule has 0 unspecified atom stereocenters. The van der Waals surface area contributed by atoms with Crippen LogP contribution in [0.15, 0.2) is 59.9 Å². The van der Waals surface area contributed by atoms with Gasteiger partial charge in [-0.1, -0.05) is 25.3 Å². The number of fused-ring (bicyclic) bond motifs is 1. The zero-order chi connectivity index (χ0) is 22.1. The van der Waals surface area contributed by atoms with E-state index in [0.29, 0.717) is 17.5 Å². The van der Waals surface area contributed by atoms with Crippen LogP contribution >= 0.6 is 11.9 Å². The van der Waals surface area contributed by atoms with Gasteiger partial charge in [-0.15, -0.1) is 0 Å². The highest BCUT2D eigenvalue weighted by molar-refractivity contribution is 8.00. The maximum atomic E-state index is 15.0. The summed E-state index contributed by atoms with van der Waals surface area (Å²) in [5.41, 5.74) is 8.93. The fourth-order valence-corrected chi connectivity index (χ4v) is 5.01. The van der Waals surface area contributed by atoms with Gasteiger partial charge in [0.15, 0.2) is 0 Å². The average molecular weight is 452 g/mol. The van der Waals surface area contributed by atoms with Crippen molar-refractivity contribution in [3.63, 3.8) is 0 Å². The Bertz CT molecular complexity index is 1250. The van der Waals surface area contributed by atoms with Crippen LogP contribution in [0, 0.1) is 11.6 Å². The predicted molar refractivity (Wildman–Crippen MR) is 125 cm³/mol. The van der Waals surface area contributed by atoms with Gasteiger partial charge in [0.05, 0.1) is 11.1 Å². The van der Waals surface area contributed by atoms with E-state index in [2.05, 4.69) is 19.3 Å². The molecular formula is C24H23F2N5S. The molecule has 1 fully saturated rings. The van der Waals surface area contributed by atoms with Gasteiger partial charge in [0.25, 0.3) is 0 Å². The van der Waals surface area contributed by atoms with Gasteiger partial charge in [-0.05, 0) is 66.8 Å². The lowest BCUT2D eigenvalue weighted by atomic mass is 9.95. The van der Waals surface area contributed by atoms with Crippen molar-refractivity contribution in [2.24, 2.45) is 0 Å². The molecule has 0 spiro atoms. The van der Waals surface area contributed by atoms with Crippen molar-refractivity contribution in [2.75, 3.05) is 10.5 Å². The topological polar surface area (TPSA) is 68.8 Å². The monoisotopic (exact) mass is 451 g/mol. The number of nitrogens with zero attached hydrogens (tertiary/aromatic N) is 3. The van der Waals surface area contributed by atoms with Crippen molar-refractivity contribution in [3.05, 3.63) is 66.6 Å². The lowest BCUT2D eigenvalue weighted by Crippen LogP contribution is -2.12. The van der Waals surface area contributed by atoms with Crippen LogP contribution in [0.3, 0.4) is 0 Å². The van der Waals surface area contributed by atoms with Crippen LogP contribution in [0.4, 0.5) is 20.3 Å². The first-order valence-electron chi connectivity index (χ1n) is 10.7. The number of nitrogens with two attached hydrogens (primary N) is 1. The van der Waals surface area contributed by atoms with E-state index in [1.54, 1.807) is 18.2 Å². The smallest absolute Gasteiger partial charge is 0.147 e. The Hall–Kier alpha value is -3.13. The van der Waals surface area contributed by atoms with Gasteiger partial charge in [-0.3, -0.25) is 0 Å². The number of rotatable bonds is 5. The van der Waals surface area contributed by atoms with Crippen molar-refractivity contribution in [2.45, 2.75) is 43.0 Å². The van der Waals surface area contributed by atoms with Crippen LogP contribution in [-0.2, 0) is 0 Å². The largest absolute Gasteiger partial charge is 0.383 e. The Kier molecular flexibility index (Phi) is 5.70. The fraction of sp³-hybridized carbons (Fsp3) is 0.250. The standard InChI is InChI=1S/C24H23F2N5S/c25-16-7-9-18(10-8-16)32-30-21-11-6-15(12-20(21)26)19-13-31(17-4-2-1-3-5-17)24-22(19)23(27)28-14-29-24/h6-14,17,30H,1-5H2,(H2,27,28,29). The molecule has 1 aliphatic rings. The van der Waals surface area contributed by atoms with Crippen LogP contribution in [0.2, 0.25) is 0 Å². The fourth-order valence-electron chi connectivity index (χ4n) is 4.35. The van der Waals surface area contributed by atoms with Crippen molar-refractivity contribution >= 4 is 34.5 Å². The van der Waals surface area contributed by atoms with E-state index < -0.39 is 0 Å². The van der Waals surface area contributed by atoms with E-state index >= 15 is 0 Å². The second kappa shape index (κ2) is 8.78. The number of nitrogen functional groups attached to an aromatic ring is 1. The minimum Gasteiger partial charge on any atom is -0.383 e. The third kappa shape index (κ3) is 4.02. The lowest BCUT2D eigenvalue weighted by molar-refractivity contribution is 0.360. The summed E-state index contributed by atoms with van der Waals surface area (Å²) in [7, 11) is 0. The molecule has 1 aliphatic carbocycles. The van der Waals surface area contributed by atoms with Crippen molar-refractivity contribution in [1.29, 1.82) is 0 Å². The summed E-state index contributed by atoms with van der Waals surface area (Å²) in [4.78, 5) is 9.47. The molecule has 0 amide bonds. The molecule has 2 aromatic carbocycles. The van der Waals surface area contributed by atoms with Gasteiger partial charge < -0.3 is 15.0 Å². The number of hydrogen-bond acceptors (Lipinski definition) is 5. The molecule has 0 saturated heterocycles.